The molecule has 0 saturated carbocycles. The van der Waals surface area contributed by atoms with Crippen LogP contribution < -0.4 is 11.2 Å². The monoisotopic (exact) mass is 462 g/mol. The number of nitrogens with two attached hydrogens (primary N) is 1. The van der Waals surface area contributed by atoms with Crippen molar-refractivity contribution < 1.29 is 9.42 Å². The Morgan fingerprint density at radius 2 is 2.13 bits per heavy atom. The molecule has 13 heteroatoms. The van der Waals surface area contributed by atoms with Gasteiger partial charge >= 0.3 is 0 Å². The van der Waals surface area contributed by atoms with Gasteiger partial charge in [-0.3, -0.25) is 4.79 Å². The molecule has 0 atom stereocenters. The van der Waals surface area contributed by atoms with Gasteiger partial charge in [0.2, 0.25) is 11.6 Å². The minimum absolute atomic E-state index is 0.0101. The molecule has 0 fully saturated rings. The van der Waals surface area contributed by atoms with Crippen LogP contribution in [-0.4, -0.2) is 36.9 Å². The maximum absolute atomic E-state index is 12.8. The van der Waals surface area contributed by atoms with E-state index >= 15 is 0 Å². The van der Waals surface area contributed by atoms with Gasteiger partial charge in [-0.25, -0.2) is 10.1 Å². The lowest BCUT2D eigenvalue weighted by Crippen LogP contribution is -2.21. The van der Waals surface area contributed by atoms with E-state index < -0.39 is 5.91 Å². The molecule has 152 valence electrons. The van der Waals surface area contributed by atoms with Crippen LogP contribution in [0.5, 0.6) is 0 Å². The second-order valence-electron chi connectivity index (χ2n) is 5.91. The molecule has 3 heterocycles. The van der Waals surface area contributed by atoms with Gasteiger partial charge in [-0.1, -0.05) is 40.5 Å². The third-order valence-corrected chi connectivity index (χ3v) is 5.41. The number of aromatic nitrogens is 5. The number of hydrogen-bond acceptors (Lipinski definition) is 9. The summed E-state index contributed by atoms with van der Waals surface area (Å²) in [5.41, 5.74) is 9.76. The van der Waals surface area contributed by atoms with Gasteiger partial charge < -0.3 is 5.73 Å². The molecule has 0 radical (unpaired) electrons. The summed E-state index contributed by atoms with van der Waals surface area (Å²) in [5.74, 6) is -0.447. The van der Waals surface area contributed by atoms with E-state index in [1.54, 1.807) is 25.1 Å². The number of nitrogen functional groups attached to an aromatic ring is 1. The first kappa shape index (κ1) is 20.0. The summed E-state index contributed by atoms with van der Waals surface area (Å²) in [7, 11) is 0. The van der Waals surface area contributed by atoms with Crippen LogP contribution in [-0.2, 0) is 0 Å². The number of nitrogens with zero attached hydrogens (tertiary/aromatic N) is 6. The number of thiophene rings is 1. The van der Waals surface area contributed by atoms with Crippen molar-refractivity contribution >= 4 is 52.0 Å². The zero-order valence-corrected chi connectivity index (χ0v) is 17.5. The third kappa shape index (κ3) is 3.77. The Hall–Kier alpha value is -3.28. The van der Waals surface area contributed by atoms with Gasteiger partial charge in [0.15, 0.2) is 5.69 Å². The van der Waals surface area contributed by atoms with Crippen LogP contribution in [0.25, 0.3) is 16.4 Å². The zero-order valence-electron chi connectivity index (χ0n) is 15.2. The summed E-state index contributed by atoms with van der Waals surface area (Å²) < 4.78 is 5.93. The Labute approximate surface area is 183 Å². The van der Waals surface area contributed by atoms with Crippen molar-refractivity contribution in [2.75, 3.05) is 5.73 Å². The highest BCUT2D eigenvalue weighted by Gasteiger charge is 2.25. The van der Waals surface area contributed by atoms with E-state index in [9.17, 15) is 4.79 Å². The molecule has 10 nitrogen and oxygen atoms in total. The van der Waals surface area contributed by atoms with E-state index in [0.717, 1.165) is 0 Å². The summed E-state index contributed by atoms with van der Waals surface area (Å²) in [6, 6.07) is 8.62. The number of benzene rings is 1. The van der Waals surface area contributed by atoms with Crippen molar-refractivity contribution in [2.45, 2.75) is 6.92 Å². The molecular formula is C17H12Cl2N8O2S. The SMILES string of the molecule is C/C(=N\NC(=O)c1nnn(-c2nonc2N)c1-c1cccs1)c1ccc(Cl)cc1Cl. The van der Waals surface area contributed by atoms with E-state index in [1.165, 1.54) is 16.0 Å². The average molecular weight is 463 g/mol. The number of hydrazone groups is 1. The lowest BCUT2D eigenvalue weighted by molar-refractivity contribution is 0.0950. The molecule has 4 rings (SSSR count). The second-order valence-corrected chi connectivity index (χ2v) is 7.70. The quantitative estimate of drug-likeness (QED) is 0.342. The molecule has 0 aliphatic carbocycles. The van der Waals surface area contributed by atoms with E-state index in [1.807, 2.05) is 17.5 Å². The van der Waals surface area contributed by atoms with Crippen LogP contribution in [0.1, 0.15) is 23.0 Å². The van der Waals surface area contributed by atoms with Crippen LogP contribution in [0.2, 0.25) is 10.0 Å². The molecule has 1 amide bonds. The van der Waals surface area contributed by atoms with Crippen LogP contribution in [0.4, 0.5) is 5.82 Å². The summed E-state index contributed by atoms with van der Waals surface area (Å²) in [4.78, 5) is 13.5. The fraction of sp³-hybridized carbons (Fsp3) is 0.0588. The van der Waals surface area contributed by atoms with Gasteiger partial charge in [0.25, 0.3) is 5.91 Å². The first-order valence-corrected chi connectivity index (χ1v) is 9.97. The maximum Gasteiger partial charge on any atom is 0.294 e. The molecule has 30 heavy (non-hydrogen) atoms. The van der Waals surface area contributed by atoms with Gasteiger partial charge in [-0.05, 0) is 40.8 Å². The van der Waals surface area contributed by atoms with Gasteiger partial charge in [0, 0.05) is 10.6 Å². The lowest BCUT2D eigenvalue weighted by atomic mass is 10.1. The molecule has 1 aromatic carbocycles. The summed E-state index contributed by atoms with van der Waals surface area (Å²) >= 11 is 13.5. The number of rotatable bonds is 5. The summed E-state index contributed by atoms with van der Waals surface area (Å²) in [6.07, 6.45) is 0. The Morgan fingerprint density at radius 1 is 1.30 bits per heavy atom. The molecule has 3 N–H and O–H groups in total. The molecule has 0 saturated heterocycles. The van der Waals surface area contributed by atoms with Crippen LogP contribution >= 0.6 is 34.5 Å². The van der Waals surface area contributed by atoms with Gasteiger partial charge in [-0.2, -0.15) is 9.78 Å². The molecule has 0 spiro atoms. The highest BCUT2D eigenvalue weighted by molar-refractivity contribution is 7.13. The fourth-order valence-corrected chi connectivity index (χ4v) is 3.89. The Balaban J connectivity index is 1.68. The number of carbonyl (C=O) groups is 1. The molecule has 3 aromatic heterocycles. The van der Waals surface area contributed by atoms with Crippen LogP contribution in [0.15, 0.2) is 45.4 Å². The minimum atomic E-state index is -0.580. The van der Waals surface area contributed by atoms with Gasteiger partial charge in [0.05, 0.1) is 15.6 Å². The van der Waals surface area contributed by atoms with E-state index in [2.05, 4.69) is 35.8 Å². The second kappa shape index (κ2) is 8.22. The van der Waals surface area contributed by atoms with E-state index in [0.29, 0.717) is 31.9 Å². The number of nitrogens with one attached hydrogen (secondary N) is 1. The largest absolute Gasteiger partial charge is 0.378 e. The number of halogens is 2. The predicted molar refractivity (Wildman–Crippen MR) is 113 cm³/mol. The number of anilines is 1. The number of hydrogen-bond donors (Lipinski definition) is 2. The first-order chi connectivity index (χ1) is 14.5. The molecule has 4 aromatic rings. The predicted octanol–water partition coefficient (Wildman–Crippen LogP) is 3.42. The number of amides is 1. The summed E-state index contributed by atoms with van der Waals surface area (Å²) in [5, 5.41) is 22.1. The average Bonchev–Trinajstić information content (AvgIpc) is 3.45. The van der Waals surface area contributed by atoms with Gasteiger partial charge in [-0.15, -0.1) is 16.4 Å². The van der Waals surface area contributed by atoms with Crippen molar-refractivity contribution in [3.05, 3.63) is 57.0 Å². The third-order valence-electron chi connectivity index (χ3n) is 3.98. The standard InChI is InChI=1S/C17H12Cl2N8O2S/c1-8(10-5-4-9(18)7-11(10)19)21-23-17(28)13-14(12-3-2-6-30-12)27(26-22-13)16-15(20)24-29-25-16/h2-7H,1H3,(H2,20,24)(H,23,28)/b21-8+. The fourth-order valence-electron chi connectivity index (χ4n) is 2.59. The van der Waals surface area contributed by atoms with Crippen molar-refractivity contribution in [1.82, 2.24) is 30.7 Å². The molecule has 0 aliphatic rings. The molecule has 0 bridgehead atoms. The normalized spacial score (nSPS) is 11.6. The maximum atomic E-state index is 12.8. The van der Waals surface area contributed by atoms with Crippen molar-refractivity contribution in [2.24, 2.45) is 5.10 Å². The number of carbonyl (C=O) groups excluding carboxylic acids is 1. The molecule has 0 aliphatic heterocycles. The van der Waals surface area contributed by atoms with Gasteiger partial charge in [0.1, 0.15) is 5.69 Å². The summed E-state index contributed by atoms with van der Waals surface area (Å²) in [6.45, 7) is 1.70. The Morgan fingerprint density at radius 3 is 2.80 bits per heavy atom. The van der Waals surface area contributed by atoms with Crippen LogP contribution in [0.3, 0.4) is 0 Å². The first-order valence-electron chi connectivity index (χ1n) is 8.33. The van der Waals surface area contributed by atoms with Crippen molar-refractivity contribution in [3.8, 4) is 16.4 Å². The van der Waals surface area contributed by atoms with Crippen LogP contribution in [0, 0.1) is 0 Å². The zero-order chi connectivity index (χ0) is 21.3. The molecule has 0 unspecified atom stereocenters. The van der Waals surface area contributed by atoms with Crippen molar-refractivity contribution in [1.29, 1.82) is 0 Å². The van der Waals surface area contributed by atoms with E-state index in [4.69, 9.17) is 28.9 Å². The van der Waals surface area contributed by atoms with Crippen molar-refractivity contribution in [3.63, 3.8) is 0 Å². The minimum Gasteiger partial charge on any atom is -0.378 e. The Kier molecular flexibility index (Phi) is 5.48. The highest BCUT2D eigenvalue weighted by atomic mass is 35.5. The Bertz CT molecular complexity index is 1250. The lowest BCUT2D eigenvalue weighted by Gasteiger charge is -2.06. The smallest absolute Gasteiger partial charge is 0.294 e. The van der Waals surface area contributed by atoms with E-state index in [-0.39, 0.29) is 17.3 Å². The highest BCUT2D eigenvalue weighted by Crippen LogP contribution is 2.30. The molecular weight excluding hydrogens is 451 g/mol. The topological polar surface area (TPSA) is 137 Å².